The van der Waals surface area contributed by atoms with Gasteiger partial charge in [-0.1, -0.05) is 164 Å². The van der Waals surface area contributed by atoms with Crippen molar-refractivity contribution in [2.75, 3.05) is 0 Å². The van der Waals surface area contributed by atoms with Gasteiger partial charge in [-0.05, 0) is 93.4 Å². The monoisotopic (exact) mass is 728 g/mol. The standard InChI is InChI=1S/C54H36N2O/c1-54(40-19-6-3-7-20-40)47-25-12-10-23-43(47)44-29-27-39(33-48(44)54)50-34-49(55-53(56-50)35-15-4-2-5-16-35)38-18-14-17-36(31-38)41-21-8-9-22-42(41)37-28-30-52-46(32-37)45-24-11-13-26-51(45)57-52/h2-34H,1H3. The molecule has 57 heavy (non-hydrogen) atoms. The van der Waals surface area contributed by atoms with E-state index in [2.05, 4.69) is 177 Å². The molecule has 2 aromatic heterocycles. The normalized spacial score (nSPS) is 14.5. The number of furan rings is 1. The van der Waals surface area contributed by atoms with E-state index in [1.54, 1.807) is 0 Å². The van der Waals surface area contributed by atoms with Crippen molar-refractivity contribution in [2.45, 2.75) is 12.3 Å². The zero-order chi connectivity index (χ0) is 37.9. The first-order valence-corrected chi connectivity index (χ1v) is 19.5. The Hall–Kier alpha value is -7.36. The molecule has 0 saturated heterocycles. The zero-order valence-electron chi connectivity index (χ0n) is 31.4. The number of nitrogens with zero attached hydrogens (tertiary/aromatic N) is 2. The van der Waals surface area contributed by atoms with E-state index in [0.29, 0.717) is 5.82 Å². The number of rotatable bonds is 6. The number of benzene rings is 8. The minimum Gasteiger partial charge on any atom is -0.456 e. The van der Waals surface area contributed by atoms with E-state index in [1.807, 2.05) is 30.3 Å². The van der Waals surface area contributed by atoms with Crippen molar-refractivity contribution in [3.05, 3.63) is 217 Å². The second kappa shape index (κ2) is 13.1. The van der Waals surface area contributed by atoms with E-state index in [-0.39, 0.29) is 5.41 Å². The van der Waals surface area contributed by atoms with Gasteiger partial charge in [-0.2, -0.15) is 0 Å². The van der Waals surface area contributed by atoms with Crippen LogP contribution in [0.25, 0.3) is 89.2 Å². The van der Waals surface area contributed by atoms with Crippen LogP contribution in [0.15, 0.2) is 205 Å². The largest absolute Gasteiger partial charge is 0.456 e. The molecule has 3 nitrogen and oxygen atoms in total. The first-order chi connectivity index (χ1) is 28.1. The molecular weight excluding hydrogens is 693 g/mol. The van der Waals surface area contributed by atoms with Crippen LogP contribution in [0.5, 0.6) is 0 Å². The third kappa shape index (κ3) is 5.43. The number of para-hydroxylation sites is 1. The van der Waals surface area contributed by atoms with E-state index < -0.39 is 0 Å². The van der Waals surface area contributed by atoms with Gasteiger partial charge in [0.1, 0.15) is 11.2 Å². The fourth-order valence-electron chi connectivity index (χ4n) is 8.92. The van der Waals surface area contributed by atoms with Gasteiger partial charge >= 0.3 is 0 Å². The summed E-state index contributed by atoms with van der Waals surface area (Å²) in [5, 5.41) is 2.24. The molecular formula is C54H36N2O. The molecule has 0 radical (unpaired) electrons. The lowest BCUT2D eigenvalue weighted by Gasteiger charge is -2.28. The van der Waals surface area contributed by atoms with Gasteiger partial charge < -0.3 is 4.42 Å². The van der Waals surface area contributed by atoms with E-state index in [0.717, 1.165) is 72.3 Å². The Balaban J connectivity index is 1.04. The maximum Gasteiger partial charge on any atom is 0.160 e. The smallest absolute Gasteiger partial charge is 0.160 e. The van der Waals surface area contributed by atoms with Crippen LogP contribution in [-0.2, 0) is 5.41 Å². The van der Waals surface area contributed by atoms with Crippen molar-refractivity contribution in [3.8, 4) is 67.3 Å². The lowest BCUT2D eigenvalue weighted by Crippen LogP contribution is -2.22. The predicted molar refractivity (Wildman–Crippen MR) is 234 cm³/mol. The molecule has 0 bridgehead atoms. The molecule has 2 heterocycles. The quantitative estimate of drug-likeness (QED) is 0.171. The summed E-state index contributed by atoms with van der Waals surface area (Å²) in [6.45, 7) is 2.36. The molecule has 268 valence electrons. The molecule has 0 amide bonds. The average molecular weight is 729 g/mol. The van der Waals surface area contributed by atoms with Crippen molar-refractivity contribution in [3.63, 3.8) is 0 Å². The molecule has 0 fully saturated rings. The summed E-state index contributed by atoms with van der Waals surface area (Å²) in [5.41, 5.74) is 17.3. The summed E-state index contributed by atoms with van der Waals surface area (Å²) in [6, 6.07) is 71.1. The summed E-state index contributed by atoms with van der Waals surface area (Å²) >= 11 is 0. The van der Waals surface area contributed by atoms with Crippen LogP contribution >= 0.6 is 0 Å². The Bertz CT molecular complexity index is 3140. The third-order valence-electron chi connectivity index (χ3n) is 11.8. The third-order valence-corrected chi connectivity index (χ3v) is 11.8. The summed E-state index contributed by atoms with van der Waals surface area (Å²) in [6.07, 6.45) is 0. The van der Waals surface area contributed by atoms with Crippen LogP contribution in [-0.4, -0.2) is 9.97 Å². The molecule has 0 saturated carbocycles. The van der Waals surface area contributed by atoms with Crippen molar-refractivity contribution in [1.29, 1.82) is 0 Å². The van der Waals surface area contributed by atoms with Crippen molar-refractivity contribution >= 4 is 21.9 Å². The Kier molecular flexibility index (Phi) is 7.61. The topological polar surface area (TPSA) is 38.9 Å². The highest BCUT2D eigenvalue weighted by molar-refractivity contribution is 6.06. The molecule has 0 spiro atoms. The summed E-state index contributed by atoms with van der Waals surface area (Å²) < 4.78 is 6.16. The second-order valence-corrected chi connectivity index (χ2v) is 15.1. The molecule has 10 aromatic rings. The highest BCUT2D eigenvalue weighted by atomic mass is 16.3. The molecule has 8 aromatic carbocycles. The maximum absolute atomic E-state index is 6.16. The Morgan fingerprint density at radius 2 is 0.930 bits per heavy atom. The molecule has 1 aliphatic carbocycles. The second-order valence-electron chi connectivity index (χ2n) is 15.1. The predicted octanol–water partition coefficient (Wildman–Crippen LogP) is 14.0. The molecule has 1 atom stereocenters. The maximum atomic E-state index is 6.16. The number of hydrogen-bond donors (Lipinski definition) is 0. The van der Waals surface area contributed by atoms with Crippen LogP contribution < -0.4 is 0 Å². The van der Waals surface area contributed by atoms with E-state index in [9.17, 15) is 0 Å². The molecule has 3 heteroatoms. The van der Waals surface area contributed by atoms with Gasteiger partial charge in [0.05, 0.1) is 11.4 Å². The molecule has 11 rings (SSSR count). The van der Waals surface area contributed by atoms with Crippen LogP contribution in [0, 0.1) is 0 Å². The SMILES string of the molecule is CC1(c2ccccc2)c2ccccc2-c2ccc(-c3cc(-c4cccc(-c5ccccc5-c5ccc6oc7ccccc7c6c5)c4)nc(-c4ccccc4)n3)cc21. The molecule has 0 aliphatic heterocycles. The number of aromatic nitrogens is 2. The van der Waals surface area contributed by atoms with Crippen LogP contribution in [0.1, 0.15) is 23.6 Å². The number of fused-ring (bicyclic) bond motifs is 6. The van der Waals surface area contributed by atoms with E-state index in [4.69, 9.17) is 14.4 Å². The van der Waals surface area contributed by atoms with Gasteiger partial charge in [-0.25, -0.2) is 9.97 Å². The fourth-order valence-corrected chi connectivity index (χ4v) is 8.92. The van der Waals surface area contributed by atoms with Crippen LogP contribution in [0.2, 0.25) is 0 Å². The summed E-state index contributed by atoms with van der Waals surface area (Å²) in [4.78, 5) is 10.5. The molecule has 1 aliphatic rings. The molecule has 1 unspecified atom stereocenters. The zero-order valence-corrected chi connectivity index (χ0v) is 31.4. The minimum absolute atomic E-state index is 0.307. The Morgan fingerprint density at radius 3 is 1.72 bits per heavy atom. The average Bonchev–Trinajstić information content (AvgIpc) is 3.79. The van der Waals surface area contributed by atoms with Gasteiger partial charge in [-0.3, -0.25) is 0 Å². The highest BCUT2D eigenvalue weighted by Crippen LogP contribution is 2.53. The van der Waals surface area contributed by atoms with Crippen LogP contribution in [0.4, 0.5) is 0 Å². The first kappa shape index (κ1) is 33.0. The highest BCUT2D eigenvalue weighted by Gasteiger charge is 2.40. The van der Waals surface area contributed by atoms with Gasteiger partial charge in [0.25, 0.3) is 0 Å². The summed E-state index contributed by atoms with van der Waals surface area (Å²) in [7, 11) is 0. The van der Waals surface area contributed by atoms with E-state index in [1.165, 1.54) is 27.8 Å². The number of hydrogen-bond acceptors (Lipinski definition) is 3. The van der Waals surface area contributed by atoms with Gasteiger partial charge in [0.2, 0.25) is 0 Å². The Labute approximate surface area is 331 Å². The first-order valence-electron chi connectivity index (χ1n) is 19.5. The lowest BCUT2D eigenvalue weighted by atomic mass is 9.74. The lowest BCUT2D eigenvalue weighted by molar-refractivity contribution is 0.669. The van der Waals surface area contributed by atoms with Crippen molar-refractivity contribution in [2.24, 2.45) is 0 Å². The minimum atomic E-state index is -0.307. The van der Waals surface area contributed by atoms with Crippen LogP contribution in [0.3, 0.4) is 0 Å². The van der Waals surface area contributed by atoms with Crippen molar-refractivity contribution in [1.82, 2.24) is 9.97 Å². The Morgan fingerprint density at radius 1 is 0.368 bits per heavy atom. The fraction of sp³-hybridized carbons (Fsp3) is 0.0370. The molecule has 0 N–H and O–H groups in total. The van der Waals surface area contributed by atoms with Gasteiger partial charge in [0, 0.05) is 32.9 Å². The van der Waals surface area contributed by atoms with Gasteiger partial charge in [0.15, 0.2) is 5.82 Å². The van der Waals surface area contributed by atoms with Gasteiger partial charge in [-0.15, -0.1) is 0 Å². The van der Waals surface area contributed by atoms with E-state index >= 15 is 0 Å². The summed E-state index contributed by atoms with van der Waals surface area (Å²) in [5.74, 6) is 0.698. The van der Waals surface area contributed by atoms with Crippen molar-refractivity contribution < 1.29 is 4.42 Å².